The predicted molar refractivity (Wildman–Crippen MR) is 115 cm³/mol. The molecule has 8 nitrogen and oxygen atoms in total. The molecule has 1 aromatic carbocycles. The van der Waals surface area contributed by atoms with Gasteiger partial charge in [-0.2, -0.15) is 0 Å². The van der Waals surface area contributed by atoms with Crippen LogP contribution in [-0.4, -0.2) is 39.7 Å². The van der Waals surface area contributed by atoms with Crippen molar-refractivity contribution >= 4 is 33.9 Å². The number of nitrogen functional groups attached to an aromatic ring is 1. The summed E-state index contributed by atoms with van der Waals surface area (Å²) in [6.45, 7) is 5.39. The van der Waals surface area contributed by atoms with Crippen LogP contribution in [0.3, 0.4) is 0 Å². The van der Waals surface area contributed by atoms with E-state index in [4.69, 9.17) is 24.9 Å². The number of anilines is 1. The van der Waals surface area contributed by atoms with E-state index < -0.39 is 0 Å². The Kier molecular flexibility index (Phi) is 5.67. The molecule has 0 fully saturated rings. The minimum atomic E-state index is -0.273. The van der Waals surface area contributed by atoms with Gasteiger partial charge in [-0.05, 0) is 44.5 Å². The van der Waals surface area contributed by atoms with Gasteiger partial charge >= 0.3 is 0 Å². The summed E-state index contributed by atoms with van der Waals surface area (Å²) in [5.74, 6) is 0.754. The predicted octanol–water partition coefficient (Wildman–Crippen LogP) is 3.35. The zero-order valence-corrected chi connectivity index (χ0v) is 17.1. The number of aromatic nitrogens is 3. The number of carbonyl (C=O) groups excluding carboxylic acids is 1. The molecule has 4 rings (SSSR count). The van der Waals surface area contributed by atoms with E-state index in [2.05, 4.69) is 5.32 Å². The summed E-state index contributed by atoms with van der Waals surface area (Å²) in [5, 5.41) is 2.92. The highest BCUT2D eigenvalue weighted by atomic mass is 16.5. The molecule has 0 aliphatic carbocycles. The number of rotatable bonds is 8. The van der Waals surface area contributed by atoms with Crippen LogP contribution in [-0.2, 0) is 11.3 Å². The van der Waals surface area contributed by atoms with E-state index in [1.807, 2.05) is 50.2 Å². The summed E-state index contributed by atoms with van der Waals surface area (Å²) in [5.41, 5.74) is 9.23. The van der Waals surface area contributed by atoms with Crippen molar-refractivity contribution in [2.45, 2.75) is 32.9 Å². The first kappa shape index (κ1) is 19.9. The van der Waals surface area contributed by atoms with Gasteiger partial charge in [-0.25, -0.2) is 9.97 Å². The lowest BCUT2D eigenvalue weighted by Crippen LogP contribution is -2.26. The van der Waals surface area contributed by atoms with Gasteiger partial charge in [0.05, 0.1) is 29.9 Å². The van der Waals surface area contributed by atoms with Gasteiger partial charge in [-0.3, -0.25) is 4.79 Å². The average Bonchev–Trinajstić information content (AvgIpc) is 3.33. The van der Waals surface area contributed by atoms with Crippen LogP contribution < -0.4 is 11.1 Å². The van der Waals surface area contributed by atoms with Gasteiger partial charge in [-0.15, -0.1) is 0 Å². The highest BCUT2D eigenvalue weighted by Crippen LogP contribution is 2.28. The van der Waals surface area contributed by atoms with Gasteiger partial charge < -0.3 is 24.8 Å². The topological polar surface area (TPSA) is 108 Å². The quantitative estimate of drug-likeness (QED) is 0.434. The largest absolute Gasteiger partial charge is 0.467 e. The van der Waals surface area contributed by atoms with Crippen molar-refractivity contribution in [1.29, 1.82) is 0 Å². The zero-order valence-electron chi connectivity index (χ0n) is 17.1. The van der Waals surface area contributed by atoms with Crippen LogP contribution in [0.1, 0.15) is 36.4 Å². The lowest BCUT2D eigenvalue weighted by molar-refractivity contribution is 0.0757. The van der Waals surface area contributed by atoms with Crippen molar-refractivity contribution in [2.75, 3.05) is 18.9 Å². The molecule has 0 unspecified atom stereocenters. The second kappa shape index (κ2) is 8.54. The molecule has 0 bridgehead atoms. The number of carbonyl (C=O) groups is 1. The standard InChI is InChI=1S/C22H25N5O3/c1-14(2)29-12-6-10-24-22(28)18-19-21(26-17-9-4-3-8-16(17)25-19)27(20(18)23)13-15-7-5-11-30-15/h3-5,7-9,11,14H,6,10,12-13,23H2,1-2H3,(H,24,28). The molecule has 0 atom stereocenters. The van der Waals surface area contributed by atoms with Crippen molar-refractivity contribution < 1.29 is 13.9 Å². The van der Waals surface area contributed by atoms with Crippen LogP contribution in [0.2, 0.25) is 0 Å². The van der Waals surface area contributed by atoms with Crippen LogP contribution in [0.4, 0.5) is 5.82 Å². The van der Waals surface area contributed by atoms with Crippen molar-refractivity contribution in [3.63, 3.8) is 0 Å². The molecule has 1 amide bonds. The number of hydrogen-bond donors (Lipinski definition) is 2. The fourth-order valence-corrected chi connectivity index (χ4v) is 3.34. The van der Waals surface area contributed by atoms with E-state index in [1.165, 1.54) is 0 Å². The van der Waals surface area contributed by atoms with E-state index >= 15 is 0 Å². The lowest BCUT2D eigenvalue weighted by atomic mass is 10.2. The summed E-state index contributed by atoms with van der Waals surface area (Å²) in [4.78, 5) is 22.4. The number of amides is 1. The molecule has 156 valence electrons. The van der Waals surface area contributed by atoms with Gasteiger partial charge in [0.1, 0.15) is 22.7 Å². The van der Waals surface area contributed by atoms with Gasteiger partial charge in [-0.1, -0.05) is 12.1 Å². The summed E-state index contributed by atoms with van der Waals surface area (Å²) in [7, 11) is 0. The smallest absolute Gasteiger partial charge is 0.257 e. The van der Waals surface area contributed by atoms with Gasteiger partial charge in [0.2, 0.25) is 0 Å². The Morgan fingerprint density at radius 2 is 1.97 bits per heavy atom. The number of hydrogen-bond acceptors (Lipinski definition) is 6. The maximum absolute atomic E-state index is 13.0. The van der Waals surface area contributed by atoms with Crippen LogP contribution in [0, 0.1) is 0 Å². The molecule has 0 saturated heterocycles. The monoisotopic (exact) mass is 407 g/mol. The van der Waals surface area contributed by atoms with Gasteiger partial charge in [0, 0.05) is 13.2 Å². The highest BCUT2D eigenvalue weighted by molar-refractivity contribution is 6.10. The minimum absolute atomic E-state index is 0.166. The van der Waals surface area contributed by atoms with E-state index in [-0.39, 0.29) is 12.0 Å². The number of fused-ring (bicyclic) bond motifs is 2. The van der Waals surface area contributed by atoms with Crippen molar-refractivity contribution in [3.05, 3.63) is 54.0 Å². The number of benzene rings is 1. The third-order valence-electron chi connectivity index (χ3n) is 4.77. The number of nitrogens with one attached hydrogen (secondary N) is 1. The normalized spacial score (nSPS) is 11.6. The third kappa shape index (κ3) is 3.99. The Hall–Kier alpha value is -3.39. The molecule has 4 aromatic rings. The van der Waals surface area contributed by atoms with E-state index in [0.717, 1.165) is 5.52 Å². The molecule has 0 aliphatic rings. The minimum Gasteiger partial charge on any atom is -0.467 e. The number of nitrogens with zero attached hydrogens (tertiary/aromatic N) is 3. The van der Waals surface area contributed by atoms with E-state index in [9.17, 15) is 4.79 Å². The molecule has 3 aromatic heterocycles. The lowest BCUT2D eigenvalue weighted by Gasteiger charge is -2.08. The Morgan fingerprint density at radius 3 is 2.67 bits per heavy atom. The molecule has 8 heteroatoms. The number of ether oxygens (including phenoxy) is 1. The molecule has 3 heterocycles. The summed E-state index contributed by atoms with van der Waals surface area (Å²) < 4.78 is 12.8. The Labute approximate surface area is 174 Å². The average molecular weight is 407 g/mol. The second-order valence-electron chi connectivity index (χ2n) is 7.34. The summed E-state index contributed by atoms with van der Waals surface area (Å²) in [6.07, 6.45) is 2.48. The van der Waals surface area contributed by atoms with Crippen LogP contribution in [0.5, 0.6) is 0 Å². The number of nitrogens with two attached hydrogens (primary N) is 1. The first-order chi connectivity index (χ1) is 14.5. The maximum atomic E-state index is 13.0. The first-order valence-electron chi connectivity index (χ1n) is 10.0. The Morgan fingerprint density at radius 1 is 1.20 bits per heavy atom. The van der Waals surface area contributed by atoms with Crippen LogP contribution in [0.25, 0.3) is 22.2 Å². The molecule has 0 aliphatic heterocycles. The molecule has 0 spiro atoms. The second-order valence-corrected chi connectivity index (χ2v) is 7.34. The van der Waals surface area contributed by atoms with Crippen LogP contribution >= 0.6 is 0 Å². The molecular weight excluding hydrogens is 382 g/mol. The van der Waals surface area contributed by atoms with E-state index in [0.29, 0.717) is 59.9 Å². The van der Waals surface area contributed by atoms with Crippen molar-refractivity contribution in [1.82, 2.24) is 19.9 Å². The number of para-hydroxylation sites is 2. The summed E-state index contributed by atoms with van der Waals surface area (Å²) >= 11 is 0. The molecule has 3 N–H and O–H groups in total. The fourth-order valence-electron chi connectivity index (χ4n) is 3.34. The van der Waals surface area contributed by atoms with Crippen molar-refractivity contribution in [3.8, 4) is 0 Å². The Bertz CT molecular complexity index is 1160. The maximum Gasteiger partial charge on any atom is 0.257 e. The fraction of sp³-hybridized carbons (Fsp3) is 0.318. The third-order valence-corrected chi connectivity index (χ3v) is 4.77. The van der Waals surface area contributed by atoms with Crippen LogP contribution in [0.15, 0.2) is 47.1 Å². The zero-order chi connectivity index (χ0) is 21.1. The summed E-state index contributed by atoms with van der Waals surface area (Å²) in [6, 6.07) is 11.2. The molecule has 0 radical (unpaired) electrons. The Balaban J connectivity index is 1.69. The molecule has 30 heavy (non-hydrogen) atoms. The first-order valence-corrected chi connectivity index (χ1v) is 10.0. The SMILES string of the molecule is CC(C)OCCCNC(=O)c1c(N)n(Cc2ccco2)c2nc3ccccc3nc12. The highest BCUT2D eigenvalue weighted by Gasteiger charge is 2.24. The number of furan rings is 1. The molecule has 0 saturated carbocycles. The molecular formula is C22H25N5O3. The van der Waals surface area contributed by atoms with E-state index in [1.54, 1.807) is 10.8 Å². The van der Waals surface area contributed by atoms with Gasteiger partial charge in [0.25, 0.3) is 5.91 Å². The van der Waals surface area contributed by atoms with Crippen molar-refractivity contribution in [2.24, 2.45) is 0 Å². The van der Waals surface area contributed by atoms with Gasteiger partial charge in [0.15, 0.2) is 5.65 Å².